The van der Waals surface area contributed by atoms with Crippen LogP contribution in [0.5, 0.6) is 0 Å². The third-order valence-electron chi connectivity index (χ3n) is 6.39. The van der Waals surface area contributed by atoms with Gasteiger partial charge in [-0.25, -0.2) is 10.4 Å². The number of carbonyl (C=O) groups excluding carboxylic acids is 1. The summed E-state index contributed by atoms with van der Waals surface area (Å²) in [7, 11) is 3.17. The second-order valence-electron chi connectivity index (χ2n) is 9.19. The number of hydrogen-bond donors (Lipinski definition) is 2. The van der Waals surface area contributed by atoms with Crippen molar-refractivity contribution in [3.63, 3.8) is 0 Å². The van der Waals surface area contributed by atoms with Gasteiger partial charge in [0, 0.05) is 45.6 Å². The number of ether oxygens (including phenoxy) is 3. The van der Waals surface area contributed by atoms with Crippen molar-refractivity contribution in [3.05, 3.63) is 65.5 Å². The molecule has 3 aromatic rings. The summed E-state index contributed by atoms with van der Waals surface area (Å²) in [4.78, 5) is 20.1. The van der Waals surface area contributed by atoms with Crippen LogP contribution in [-0.2, 0) is 14.2 Å². The van der Waals surface area contributed by atoms with E-state index in [9.17, 15) is 4.79 Å². The molecule has 0 saturated carbocycles. The van der Waals surface area contributed by atoms with Gasteiger partial charge >= 0.3 is 0 Å². The highest BCUT2D eigenvalue weighted by atomic mass is 16.5. The molecule has 2 aliphatic heterocycles. The molecule has 1 aromatic carbocycles. The highest BCUT2D eigenvalue weighted by molar-refractivity contribution is 5.93. The smallest absolute Gasteiger partial charge is 0.272 e. The second kappa shape index (κ2) is 11.3. The predicted molar refractivity (Wildman–Crippen MR) is 140 cm³/mol. The number of rotatable bonds is 9. The summed E-state index contributed by atoms with van der Waals surface area (Å²) in [5.41, 5.74) is 6.75. The minimum atomic E-state index is -0.308. The zero-order valence-electron chi connectivity index (χ0n) is 21.4. The molecule has 5 rings (SSSR count). The molecule has 11 heteroatoms. The van der Waals surface area contributed by atoms with Gasteiger partial charge in [-0.15, -0.1) is 0 Å². The van der Waals surface area contributed by atoms with Gasteiger partial charge < -0.3 is 24.4 Å². The van der Waals surface area contributed by atoms with Gasteiger partial charge in [-0.3, -0.25) is 9.80 Å². The number of morpholine rings is 1. The largest absolute Gasteiger partial charge is 0.382 e. The third kappa shape index (κ3) is 5.59. The van der Waals surface area contributed by atoms with Crippen molar-refractivity contribution in [3.8, 4) is 0 Å². The molecular weight excluding hydrogens is 474 g/mol. The standard InChI is InChI=1S/C26H33N7O4/c1-18-5-4-6-19(13-18)21-7-8-32(29-21)23-15-25(31-9-11-37-12-10-31)33-24(28-23)14-22(30-33)26(34)27-20(16-35-2)17-36-3/h4-8,13-15,20-21,29H,9-12,16-17H2,1-3H3,(H,27,34). The lowest BCUT2D eigenvalue weighted by molar-refractivity contribution is 0.0775. The fourth-order valence-corrected chi connectivity index (χ4v) is 4.59. The Labute approximate surface area is 216 Å². The summed E-state index contributed by atoms with van der Waals surface area (Å²) in [6.45, 7) is 5.45. The van der Waals surface area contributed by atoms with Gasteiger partial charge in [0.05, 0.1) is 38.5 Å². The van der Waals surface area contributed by atoms with Gasteiger partial charge in [0.25, 0.3) is 5.91 Å². The highest BCUT2D eigenvalue weighted by Gasteiger charge is 2.25. The summed E-state index contributed by atoms with van der Waals surface area (Å²) in [5.74, 6) is 1.25. The van der Waals surface area contributed by atoms with Crippen molar-refractivity contribution in [2.75, 3.05) is 63.6 Å². The molecule has 2 aromatic heterocycles. The van der Waals surface area contributed by atoms with Crippen LogP contribution >= 0.6 is 0 Å². The summed E-state index contributed by atoms with van der Waals surface area (Å²) in [6, 6.07) is 11.9. The molecule has 1 saturated heterocycles. The number of hydrogen-bond acceptors (Lipinski definition) is 9. The van der Waals surface area contributed by atoms with Gasteiger partial charge in [0.1, 0.15) is 5.82 Å². The lowest BCUT2D eigenvalue weighted by Gasteiger charge is -2.29. The van der Waals surface area contributed by atoms with Crippen molar-refractivity contribution >= 4 is 23.2 Å². The van der Waals surface area contributed by atoms with E-state index in [-0.39, 0.29) is 23.7 Å². The lowest BCUT2D eigenvalue weighted by atomic mass is 10.1. The maximum atomic E-state index is 13.0. The first-order valence-corrected chi connectivity index (χ1v) is 12.4. The van der Waals surface area contributed by atoms with E-state index in [0.717, 1.165) is 18.9 Å². The first kappa shape index (κ1) is 25.2. The van der Waals surface area contributed by atoms with E-state index in [2.05, 4.69) is 58.0 Å². The average molecular weight is 508 g/mol. The van der Waals surface area contributed by atoms with Crippen LogP contribution in [0.2, 0.25) is 0 Å². The minimum absolute atomic E-state index is 0.0366. The highest BCUT2D eigenvalue weighted by Crippen LogP contribution is 2.28. The summed E-state index contributed by atoms with van der Waals surface area (Å²) < 4.78 is 17.7. The predicted octanol–water partition coefficient (Wildman–Crippen LogP) is 1.85. The Morgan fingerprint density at radius 1 is 1.19 bits per heavy atom. The van der Waals surface area contributed by atoms with E-state index < -0.39 is 0 Å². The van der Waals surface area contributed by atoms with Crippen LogP contribution in [0.1, 0.15) is 27.7 Å². The van der Waals surface area contributed by atoms with E-state index in [1.807, 2.05) is 17.3 Å². The lowest BCUT2D eigenvalue weighted by Crippen LogP contribution is -2.41. The second-order valence-corrected chi connectivity index (χ2v) is 9.19. The molecule has 196 valence electrons. The zero-order valence-corrected chi connectivity index (χ0v) is 21.4. The maximum absolute atomic E-state index is 13.0. The van der Waals surface area contributed by atoms with Gasteiger partial charge in [0.15, 0.2) is 17.2 Å². The molecule has 1 unspecified atom stereocenters. The number of nitrogens with zero attached hydrogens (tertiary/aromatic N) is 5. The number of benzene rings is 1. The maximum Gasteiger partial charge on any atom is 0.272 e. The fraction of sp³-hybridized carbons (Fsp3) is 0.423. The number of nitrogens with one attached hydrogen (secondary N) is 2. The van der Waals surface area contributed by atoms with Crippen molar-refractivity contribution in [2.45, 2.75) is 19.0 Å². The Balaban J connectivity index is 1.45. The first-order valence-electron chi connectivity index (χ1n) is 12.4. The summed E-state index contributed by atoms with van der Waals surface area (Å²) in [5, 5.41) is 9.47. The van der Waals surface area contributed by atoms with Crippen LogP contribution in [-0.4, -0.2) is 80.3 Å². The number of aryl methyl sites for hydroxylation is 1. The molecular formula is C26H33N7O4. The average Bonchev–Trinajstić information content (AvgIpc) is 3.57. The molecule has 2 aliphatic rings. The van der Waals surface area contributed by atoms with Gasteiger partial charge in [-0.1, -0.05) is 29.8 Å². The van der Waals surface area contributed by atoms with Crippen LogP contribution in [0.3, 0.4) is 0 Å². The molecule has 1 amide bonds. The molecule has 1 fully saturated rings. The fourth-order valence-electron chi connectivity index (χ4n) is 4.59. The number of aromatic nitrogens is 3. The Morgan fingerprint density at radius 2 is 1.97 bits per heavy atom. The number of methoxy groups -OCH3 is 2. The van der Waals surface area contributed by atoms with Crippen LogP contribution in [0.25, 0.3) is 5.65 Å². The van der Waals surface area contributed by atoms with Gasteiger partial charge in [-0.05, 0) is 18.6 Å². The molecule has 37 heavy (non-hydrogen) atoms. The van der Waals surface area contributed by atoms with Crippen molar-refractivity contribution < 1.29 is 19.0 Å². The minimum Gasteiger partial charge on any atom is -0.382 e. The van der Waals surface area contributed by atoms with Crippen LogP contribution < -0.4 is 20.7 Å². The number of anilines is 2. The number of hydrazine groups is 1. The SMILES string of the molecule is COCC(COC)NC(=O)c1cc2nc(N3C=CC(c4cccc(C)c4)N3)cc(N3CCOCC3)n2n1. The molecule has 1 atom stereocenters. The molecule has 0 aliphatic carbocycles. The molecule has 0 radical (unpaired) electrons. The molecule has 0 bridgehead atoms. The Kier molecular flexibility index (Phi) is 7.65. The zero-order chi connectivity index (χ0) is 25.8. The van der Waals surface area contributed by atoms with Gasteiger partial charge in [0.2, 0.25) is 0 Å². The van der Waals surface area contributed by atoms with E-state index in [0.29, 0.717) is 37.9 Å². The topological polar surface area (TPSA) is 105 Å². The van der Waals surface area contributed by atoms with Crippen LogP contribution in [0, 0.1) is 6.92 Å². The van der Waals surface area contributed by atoms with Crippen molar-refractivity contribution in [1.29, 1.82) is 0 Å². The third-order valence-corrected chi connectivity index (χ3v) is 6.39. The number of amides is 1. The Morgan fingerprint density at radius 3 is 2.70 bits per heavy atom. The van der Waals surface area contributed by atoms with E-state index >= 15 is 0 Å². The summed E-state index contributed by atoms with van der Waals surface area (Å²) in [6.07, 6.45) is 4.09. The first-order chi connectivity index (χ1) is 18.1. The van der Waals surface area contributed by atoms with Crippen LogP contribution in [0.15, 0.2) is 48.7 Å². The normalized spacial score (nSPS) is 17.8. The van der Waals surface area contributed by atoms with Crippen molar-refractivity contribution in [2.24, 2.45) is 0 Å². The molecule has 11 nitrogen and oxygen atoms in total. The Bertz CT molecular complexity index is 1270. The van der Waals surface area contributed by atoms with Gasteiger partial charge in [-0.2, -0.15) is 9.61 Å². The molecule has 0 spiro atoms. The van der Waals surface area contributed by atoms with E-state index in [1.165, 1.54) is 11.1 Å². The molecule has 4 heterocycles. The number of carbonyl (C=O) groups is 1. The number of fused-ring (bicyclic) bond motifs is 1. The molecule has 2 N–H and O–H groups in total. The van der Waals surface area contributed by atoms with Crippen molar-refractivity contribution in [1.82, 2.24) is 25.3 Å². The summed E-state index contributed by atoms with van der Waals surface area (Å²) >= 11 is 0. The van der Waals surface area contributed by atoms with E-state index in [1.54, 1.807) is 24.8 Å². The quantitative estimate of drug-likeness (QED) is 0.449. The Hall–Kier alpha value is -3.51. The van der Waals surface area contributed by atoms with Crippen LogP contribution in [0.4, 0.5) is 11.6 Å². The monoisotopic (exact) mass is 507 g/mol. The van der Waals surface area contributed by atoms with E-state index in [4.69, 9.17) is 19.2 Å².